The fraction of sp³-hybridized carbons (Fsp3) is 0.154. The van der Waals surface area contributed by atoms with Crippen LogP contribution in [-0.2, 0) is 6.54 Å². The predicted octanol–water partition coefficient (Wildman–Crippen LogP) is 3.87. The van der Waals surface area contributed by atoms with Crippen molar-refractivity contribution in [3.05, 3.63) is 103 Å². The molecule has 8 nitrogen and oxygen atoms in total. The second kappa shape index (κ2) is 9.68. The number of rotatable bonds is 8. The highest BCUT2D eigenvalue weighted by Crippen LogP contribution is 2.32. The van der Waals surface area contributed by atoms with Gasteiger partial charge in [0.15, 0.2) is 0 Å². The minimum Gasteiger partial charge on any atom is -0.487 e. The first-order valence-corrected chi connectivity index (χ1v) is 11.1. The Morgan fingerprint density at radius 1 is 1.03 bits per heavy atom. The third-order valence-corrected chi connectivity index (χ3v) is 5.79. The topological polar surface area (TPSA) is 91.7 Å². The minimum atomic E-state index is -0.545. The fourth-order valence-corrected chi connectivity index (χ4v) is 4.04. The van der Waals surface area contributed by atoms with Gasteiger partial charge in [-0.2, -0.15) is 0 Å². The Hall–Kier alpha value is -4.30. The second-order valence-electron chi connectivity index (χ2n) is 8.09. The Morgan fingerprint density at radius 2 is 1.82 bits per heavy atom. The third-order valence-electron chi connectivity index (χ3n) is 5.79. The van der Waals surface area contributed by atoms with Crippen LogP contribution in [-0.4, -0.2) is 39.9 Å². The Labute approximate surface area is 197 Å². The van der Waals surface area contributed by atoms with E-state index in [4.69, 9.17) is 4.74 Å². The number of hydrogen-bond acceptors (Lipinski definition) is 6. The van der Waals surface area contributed by atoms with E-state index >= 15 is 0 Å². The molecule has 3 N–H and O–H groups in total. The van der Waals surface area contributed by atoms with Crippen LogP contribution in [0.25, 0.3) is 5.69 Å². The number of anilines is 2. The minimum absolute atomic E-state index is 0.0436. The van der Waals surface area contributed by atoms with E-state index in [0.29, 0.717) is 25.2 Å². The van der Waals surface area contributed by atoms with Crippen molar-refractivity contribution >= 4 is 17.3 Å². The van der Waals surface area contributed by atoms with Crippen LogP contribution in [0.4, 0.5) is 11.4 Å². The van der Waals surface area contributed by atoms with Crippen molar-refractivity contribution in [1.29, 1.82) is 0 Å². The van der Waals surface area contributed by atoms with Crippen LogP contribution in [0.1, 0.15) is 15.9 Å². The van der Waals surface area contributed by atoms with Crippen molar-refractivity contribution in [2.75, 3.05) is 23.3 Å². The maximum atomic E-state index is 12.2. The van der Waals surface area contributed by atoms with Gasteiger partial charge in [-0.3, -0.25) is 15.0 Å². The Bertz CT molecular complexity index is 1240. The van der Waals surface area contributed by atoms with E-state index < -0.39 is 5.91 Å². The third kappa shape index (κ3) is 4.57. The fourth-order valence-electron chi connectivity index (χ4n) is 4.04. The van der Waals surface area contributed by atoms with Crippen LogP contribution in [0.5, 0.6) is 5.75 Å². The van der Waals surface area contributed by atoms with E-state index in [0.717, 1.165) is 28.4 Å². The molecule has 1 amide bonds. The Kier molecular flexibility index (Phi) is 6.13. The zero-order valence-electron chi connectivity index (χ0n) is 18.5. The van der Waals surface area contributed by atoms with E-state index in [1.807, 2.05) is 83.8 Å². The van der Waals surface area contributed by atoms with Crippen LogP contribution in [0.2, 0.25) is 0 Å². The van der Waals surface area contributed by atoms with Crippen molar-refractivity contribution < 1.29 is 14.7 Å². The summed E-state index contributed by atoms with van der Waals surface area (Å²) in [5.74, 6) is 0.270. The largest absolute Gasteiger partial charge is 0.487 e. The standard InChI is InChI=1S/C26H25N5O3/c32-26(29-33)23-6-3-7-24(25(23)30-13-1-2-14-30)31-17-22(18-31)34-21-10-8-20(9-11-21)28-16-19-5-4-12-27-15-19/h1-15,22,28,33H,16-18H2,(H,29,32). The molecule has 3 heterocycles. The molecule has 0 spiro atoms. The summed E-state index contributed by atoms with van der Waals surface area (Å²) in [4.78, 5) is 18.5. The average molecular weight is 456 g/mol. The molecular weight excluding hydrogens is 430 g/mol. The number of benzene rings is 2. The maximum absolute atomic E-state index is 12.2. The number of ether oxygens (including phenoxy) is 1. The summed E-state index contributed by atoms with van der Waals surface area (Å²) in [6.45, 7) is 2.10. The van der Waals surface area contributed by atoms with Gasteiger partial charge >= 0.3 is 0 Å². The number of hydroxylamine groups is 1. The van der Waals surface area contributed by atoms with Gasteiger partial charge < -0.3 is 19.5 Å². The van der Waals surface area contributed by atoms with Crippen molar-refractivity contribution in [3.63, 3.8) is 0 Å². The first kappa shape index (κ1) is 21.5. The Morgan fingerprint density at radius 3 is 2.53 bits per heavy atom. The number of nitrogens with zero attached hydrogens (tertiary/aromatic N) is 3. The number of carbonyl (C=O) groups is 1. The van der Waals surface area contributed by atoms with Crippen LogP contribution < -0.4 is 20.4 Å². The first-order valence-electron chi connectivity index (χ1n) is 11.1. The lowest BCUT2D eigenvalue weighted by Crippen LogP contribution is -2.54. The molecular formula is C26H25N5O3. The lowest BCUT2D eigenvalue weighted by atomic mass is 10.0. The highest BCUT2D eigenvalue weighted by atomic mass is 16.5. The van der Waals surface area contributed by atoms with E-state index in [-0.39, 0.29) is 6.10 Å². The molecule has 0 saturated carbocycles. The van der Waals surface area contributed by atoms with Gasteiger partial charge in [-0.1, -0.05) is 12.1 Å². The van der Waals surface area contributed by atoms with Gasteiger partial charge in [-0.15, -0.1) is 0 Å². The first-order chi connectivity index (χ1) is 16.7. The summed E-state index contributed by atoms with van der Waals surface area (Å²) in [6, 6.07) is 21.2. The van der Waals surface area contributed by atoms with Gasteiger partial charge in [-0.25, -0.2) is 5.48 Å². The molecule has 2 aromatic carbocycles. The number of para-hydroxylation sites is 1. The molecule has 34 heavy (non-hydrogen) atoms. The van der Waals surface area contributed by atoms with E-state index in [1.165, 1.54) is 0 Å². The van der Waals surface area contributed by atoms with Crippen LogP contribution in [0.15, 0.2) is 91.5 Å². The van der Waals surface area contributed by atoms with Gasteiger partial charge in [0, 0.05) is 37.0 Å². The average Bonchev–Trinajstić information content (AvgIpc) is 3.40. The highest BCUT2D eigenvalue weighted by molar-refractivity contribution is 5.99. The number of hydrogen-bond donors (Lipinski definition) is 3. The molecule has 1 aliphatic rings. The molecule has 2 aromatic heterocycles. The summed E-state index contributed by atoms with van der Waals surface area (Å²) in [5.41, 5.74) is 5.92. The number of nitrogens with one attached hydrogen (secondary N) is 2. The van der Waals surface area contributed by atoms with Crippen molar-refractivity contribution in [3.8, 4) is 11.4 Å². The molecule has 4 aromatic rings. The summed E-state index contributed by atoms with van der Waals surface area (Å²) >= 11 is 0. The summed E-state index contributed by atoms with van der Waals surface area (Å²) in [6.07, 6.45) is 7.42. The molecule has 172 valence electrons. The summed E-state index contributed by atoms with van der Waals surface area (Å²) < 4.78 is 8.02. The number of aromatic nitrogens is 2. The van der Waals surface area contributed by atoms with E-state index in [9.17, 15) is 10.0 Å². The van der Waals surface area contributed by atoms with E-state index in [1.54, 1.807) is 17.7 Å². The lowest BCUT2D eigenvalue weighted by Gasteiger charge is -2.41. The number of amides is 1. The molecule has 0 unspecified atom stereocenters. The van der Waals surface area contributed by atoms with Crippen molar-refractivity contribution in [2.24, 2.45) is 0 Å². The summed E-state index contributed by atoms with van der Waals surface area (Å²) in [5, 5.41) is 12.6. The molecule has 0 atom stereocenters. The molecule has 0 radical (unpaired) electrons. The SMILES string of the molecule is O=C(NO)c1cccc(N2CC(Oc3ccc(NCc4cccnc4)cc3)C2)c1-n1cccc1. The smallest absolute Gasteiger partial charge is 0.276 e. The second-order valence-corrected chi connectivity index (χ2v) is 8.09. The molecule has 0 bridgehead atoms. The quantitative estimate of drug-likeness (QED) is 0.276. The molecule has 1 aliphatic heterocycles. The number of carbonyl (C=O) groups excluding carboxylic acids is 1. The maximum Gasteiger partial charge on any atom is 0.276 e. The monoisotopic (exact) mass is 455 g/mol. The van der Waals surface area contributed by atoms with E-state index in [2.05, 4.69) is 15.2 Å². The lowest BCUT2D eigenvalue weighted by molar-refractivity contribution is 0.0706. The van der Waals surface area contributed by atoms with Gasteiger partial charge in [-0.05, 0) is 60.2 Å². The van der Waals surface area contributed by atoms with Gasteiger partial charge in [0.2, 0.25) is 0 Å². The molecule has 5 rings (SSSR count). The summed E-state index contributed by atoms with van der Waals surface area (Å²) in [7, 11) is 0. The Balaban J connectivity index is 1.22. The van der Waals surface area contributed by atoms with Gasteiger partial charge in [0.25, 0.3) is 5.91 Å². The van der Waals surface area contributed by atoms with Gasteiger partial charge in [0.1, 0.15) is 11.9 Å². The predicted molar refractivity (Wildman–Crippen MR) is 130 cm³/mol. The molecule has 1 fully saturated rings. The van der Waals surface area contributed by atoms with Crippen LogP contribution in [0, 0.1) is 0 Å². The highest BCUT2D eigenvalue weighted by Gasteiger charge is 2.31. The normalized spacial score (nSPS) is 13.3. The van der Waals surface area contributed by atoms with Crippen molar-refractivity contribution in [1.82, 2.24) is 15.0 Å². The number of pyridine rings is 1. The molecule has 0 aliphatic carbocycles. The van der Waals surface area contributed by atoms with Crippen molar-refractivity contribution in [2.45, 2.75) is 12.6 Å². The van der Waals surface area contributed by atoms with Crippen LogP contribution >= 0.6 is 0 Å². The zero-order chi connectivity index (χ0) is 23.3. The molecule has 1 saturated heterocycles. The zero-order valence-corrected chi connectivity index (χ0v) is 18.5. The van der Waals surface area contributed by atoms with Crippen LogP contribution in [0.3, 0.4) is 0 Å². The van der Waals surface area contributed by atoms with Gasteiger partial charge in [0.05, 0.1) is 30.0 Å². The molecule has 8 heteroatoms.